The van der Waals surface area contributed by atoms with Crippen LogP contribution in [0.5, 0.6) is 5.75 Å². The Morgan fingerprint density at radius 2 is 1.59 bits per heavy atom. The van der Waals surface area contributed by atoms with Gasteiger partial charge in [0.15, 0.2) is 0 Å². The average Bonchev–Trinajstić information content (AvgIpc) is 2.67. The lowest BCUT2D eigenvalue weighted by molar-refractivity contribution is -0.136. The summed E-state index contributed by atoms with van der Waals surface area (Å²) >= 11 is 0. The Bertz CT molecular complexity index is 890. The molecule has 2 aromatic rings. The summed E-state index contributed by atoms with van der Waals surface area (Å²) in [5.74, 6) is -0.535. The number of primary amides is 1. The number of ether oxygens (including phenoxy) is 1. The highest BCUT2D eigenvalue weighted by atomic mass is 16.5. The monoisotopic (exact) mass is 443 g/mol. The van der Waals surface area contributed by atoms with Crippen molar-refractivity contribution in [1.82, 2.24) is 10.6 Å². The Kier molecular flexibility index (Phi) is 10.8. The highest BCUT2D eigenvalue weighted by Crippen LogP contribution is 2.22. The number of benzene rings is 2. The maximum absolute atomic E-state index is 11.4. The van der Waals surface area contributed by atoms with E-state index in [1.807, 2.05) is 77.1 Å². The van der Waals surface area contributed by atoms with Gasteiger partial charge >= 0.3 is 12.0 Å². The van der Waals surface area contributed by atoms with Crippen LogP contribution in [0.25, 0.3) is 0 Å². The summed E-state index contributed by atoms with van der Waals surface area (Å²) in [6.45, 7) is 9.65. The van der Waals surface area contributed by atoms with Crippen LogP contribution < -0.4 is 21.1 Å². The first-order valence-electron chi connectivity index (χ1n) is 10.4. The fourth-order valence-electron chi connectivity index (χ4n) is 3.01. The Morgan fingerprint density at radius 1 is 1.03 bits per heavy atom. The molecule has 32 heavy (non-hydrogen) atoms. The van der Waals surface area contributed by atoms with E-state index < -0.39 is 5.97 Å². The normalized spacial score (nSPS) is 11.1. The van der Waals surface area contributed by atoms with E-state index in [0.29, 0.717) is 5.56 Å². The molecule has 0 bridgehead atoms. The van der Waals surface area contributed by atoms with Gasteiger partial charge < -0.3 is 26.2 Å². The summed E-state index contributed by atoms with van der Waals surface area (Å²) in [4.78, 5) is 32.8. The van der Waals surface area contributed by atoms with Gasteiger partial charge in [0, 0.05) is 12.1 Å². The van der Waals surface area contributed by atoms with Gasteiger partial charge in [0.25, 0.3) is 0 Å². The number of hydrogen-bond acceptors (Lipinski definition) is 4. The number of carboxylic acids is 1. The molecule has 3 amide bonds. The van der Waals surface area contributed by atoms with Gasteiger partial charge in [-0.1, -0.05) is 30.3 Å². The number of nitrogens with two attached hydrogens (primary N) is 1. The molecule has 0 aliphatic heterocycles. The lowest BCUT2D eigenvalue weighted by Crippen LogP contribution is -2.38. The van der Waals surface area contributed by atoms with Crippen LogP contribution in [0.15, 0.2) is 42.5 Å². The number of carbonyl (C=O) groups excluding carboxylic acids is 2. The fourth-order valence-corrected chi connectivity index (χ4v) is 3.01. The molecule has 8 nitrogen and oxygen atoms in total. The summed E-state index contributed by atoms with van der Waals surface area (Å²) in [6, 6.07) is 12.8. The maximum Gasteiger partial charge on any atom is 0.315 e. The molecule has 174 valence electrons. The topological polar surface area (TPSA) is 131 Å². The second kappa shape index (κ2) is 13.0. The quantitative estimate of drug-likeness (QED) is 0.494. The summed E-state index contributed by atoms with van der Waals surface area (Å²) < 4.78 is 5.56. The highest BCUT2D eigenvalue weighted by Gasteiger charge is 2.11. The van der Waals surface area contributed by atoms with Gasteiger partial charge in [-0.2, -0.15) is 0 Å². The molecule has 8 heteroatoms. The van der Waals surface area contributed by atoms with Crippen molar-refractivity contribution in [3.63, 3.8) is 0 Å². The third-order valence-electron chi connectivity index (χ3n) is 4.40. The van der Waals surface area contributed by atoms with E-state index in [1.54, 1.807) is 0 Å². The lowest BCUT2D eigenvalue weighted by Gasteiger charge is -2.14. The maximum atomic E-state index is 11.4. The Labute approximate surface area is 189 Å². The van der Waals surface area contributed by atoms with Crippen molar-refractivity contribution in [3.05, 3.63) is 64.7 Å². The van der Waals surface area contributed by atoms with Crippen LogP contribution in [-0.4, -0.2) is 35.7 Å². The minimum absolute atomic E-state index is 0.0763. The summed E-state index contributed by atoms with van der Waals surface area (Å²) in [7, 11) is 0. The van der Waals surface area contributed by atoms with E-state index in [4.69, 9.17) is 15.6 Å². The van der Waals surface area contributed by atoms with Crippen molar-refractivity contribution in [1.29, 1.82) is 0 Å². The van der Waals surface area contributed by atoms with Gasteiger partial charge in [0.1, 0.15) is 5.75 Å². The number of urea groups is 1. The highest BCUT2D eigenvalue weighted by molar-refractivity contribution is 5.96. The van der Waals surface area contributed by atoms with E-state index in [9.17, 15) is 14.4 Å². The third-order valence-corrected chi connectivity index (χ3v) is 4.40. The van der Waals surface area contributed by atoms with E-state index >= 15 is 0 Å². The van der Waals surface area contributed by atoms with Crippen molar-refractivity contribution in [2.24, 2.45) is 5.73 Å². The van der Waals surface area contributed by atoms with Gasteiger partial charge in [0.2, 0.25) is 5.91 Å². The molecule has 2 aromatic carbocycles. The lowest BCUT2D eigenvalue weighted by atomic mass is 10.0. The van der Waals surface area contributed by atoms with Gasteiger partial charge in [-0.05, 0) is 63.4 Å². The number of carboxylic acid groups (broad SMARTS) is 1. The molecule has 0 heterocycles. The number of hydrogen-bond donors (Lipinski definition) is 4. The number of nitrogens with one attached hydrogen (secondary N) is 2. The molecule has 5 N–H and O–H groups in total. The van der Waals surface area contributed by atoms with Crippen molar-refractivity contribution in [2.75, 3.05) is 6.54 Å². The van der Waals surface area contributed by atoms with E-state index in [-0.39, 0.29) is 37.0 Å². The first-order valence-corrected chi connectivity index (χ1v) is 10.4. The van der Waals surface area contributed by atoms with Crippen LogP contribution in [-0.2, 0) is 4.79 Å². The predicted molar refractivity (Wildman–Crippen MR) is 124 cm³/mol. The zero-order valence-electron chi connectivity index (χ0n) is 19.3. The molecular weight excluding hydrogens is 410 g/mol. The fraction of sp³-hybridized carbons (Fsp3) is 0.375. The van der Waals surface area contributed by atoms with Crippen LogP contribution in [0, 0.1) is 13.8 Å². The van der Waals surface area contributed by atoms with Crippen molar-refractivity contribution in [2.45, 2.75) is 53.2 Å². The van der Waals surface area contributed by atoms with Crippen LogP contribution in [0.1, 0.15) is 60.3 Å². The van der Waals surface area contributed by atoms with Crippen LogP contribution in [0.2, 0.25) is 0 Å². The molecule has 0 aromatic heterocycles. The second-order valence-corrected chi connectivity index (χ2v) is 7.64. The minimum atomic E-state index is -0.929. The summed E-state index contributed by atoms with van der Waals surface area (Å²) in [6.07, 6.45) is 0.0517. The zero-order valence-corrected chi connectivity index (χ0v) is 19.3. The van der Waals surface area contributed by atoms with Gasteiger partial charge in [-0.25, -0.2) is 4.79 Å². The first kappa shape index (κ1) is 26.5. The molecule has 0 saturated heterocycles. The van der Waals surface area contributed by atoms with Crippen molar-refractivity contribution in [3.8, 4) is 5.75 Å². The number of carbonyl (C=O) groups is 3. The standard InChI is InChI=1S/C12H16N2O3.C12H17NO2/c1-9(10-5-3-2-4-6-10)14-12(17)13-8-7-11(15)16;1-7(2)15-10-5-8(3)11(12(13)14)9(4)6-10/h2-6,9H,7-8H2,1H3,(H,15,16)(H2,13,14,17);5-7H,1-4H3,(H2,13,14). The SMILES string of the molecule is CC(NC(=O)NCCC(=O)O)c1ccccc1.Cc1cc(OC(C)C)cc(C)c1C(N)=O. The molecule has 1 atom stereocenters. The summed E-state index contributed by atoms with van der Waals surface area (Å²) in [5.41, 5.74) is 8.60. The smallest absolute Gasteiger partial charge is 0.315 e. The second-order valence-electron chi connectivity index (χ2n) is 7.64. The molecule has 0 aliphatic rings. The Hall–Kier alpha value is -3.55. The molecule has 1 unspecified atom stereocenters. The molecule has 0 fully saturated rings. The Balaban J connectivity index is 0.000000323. The van der Waals surface area contributed by atoms with Crippen LogP contribution in [0.4, 0.5) is 4.79 Å². The molecule has 0 saturated carbocycles. The van der Waals surface area contributed by atoms with Gasteiger partial charge in [0.05, 0.1) is 18.6 Å². The van der Waals surface area contributed by atoms with Crippen molar-refractivity contribution >= 4 is 17.9 Å². The van der Waals surface area contributed by atoms with E-state index in [0.717, 1.165) is 22.4 Å². The van der Waals surface area contributed by atoms with Crippen molar-refractivity contribution < 1.29 is 24.2 Å². The number of rotatable bonds is 8. The van der Waals surface area contributed by atoms with Gasteiger partial charge in [-0.15, -0.1) is 0 Å². The van der Waals surface area contributed by atoms with E-state index in [2.05, 4.69) is 10.6 Å². The van der Waals surface area contributed by atoms with Crippen LogP contribution in [0.3, 0.4) is 0 Å². The predicted octanol–water partition coefficient (Wildman–Crippen LogP) is 3.71. The third kappa shape index (κ3) is 9.51. The number of aliphatic carboxylic acids is 1. The first-order chi connectivity index (χ1) is 15.0. The minimum Gasteiger partial charge on any atom is -0.491 e. The summed E-state index contributed by atoms with van der Waals surface area (Å²) in [5, 5.41) is 13.6. The molecule has 0 aliphatic carbocycles. The average molecular weight is 444 g/mol. The molecule has 0 radical (unpaired) electrons. The largest absolute Gasteiger partial charge is 0.491 e. The Morgan fingerprint density at radius 3 is 2.06 bits per heavy atom. The van der Waals surface area contributed by atoms with E-state index in [1.165, 1.54) is 0 Å². The number of aryl methyl sites for hydroxylation is 2. The molecule has 0 spiro atoms. The zero-order chi connectivity index (χ0) is 24.3. The molecule has 2 rings (SSSR count). The molecular formula is C24H33N3O5. The van der Waals surface area contributed by atoms with Gasteiger partial charge in [-0.3, -0.25) is 9.59 Å². The van der Waals surface area contributed by atoms with Crippen LogP contribution >= 0.6 is 0 Å². The number of amides is 3.